The van der Waals surface area contributed by atoms with Crippen LogP contribution in [0.1, 0.15) is 22.3 Å². The maximum Gasteiger partial charge on any atom is 0.263 e. The highest BCUT2D eigenvalue weighted by molar-refractivity contribution is 6.31. The lowest BCUT2D eigenvalue weighted by atomic mass is 9.88. The van der Waals surface area contributed by atoms with Crippen molar-refractivity contribution in [3.8, 4) is 0 Å². The summed E-state index contributed by atoms with van der Waals surface area (Å²) in [4.78, 5) is 26.1. The normalized spacial score (nSPS) is 19.8. The summed E-state index contributed by atoms with van der Waals surface area (Å²) in [5, 5.41) is 11.2. The van der Waals surface area contributed by atoms with E-state index < -0.39 is 29.5 Å². The molecule has 1 unspecified atom stereocenters. The number of halogens is 2. The van der Waals surface area contributed by atoms with E-state index in [1.165, 1.54) is 30.1 Å². The van der Waals surface area contributed by atoms with Crippen molar-refractivity contribution in [2.45, 2.75) is 12.0 Å². The molecule has 0 fully saturated rings. The van der Waals surface area contributed by atoms with Gasteiger partial charge >= 0.3 is 0 Å². The molecule has 1 amide bonds. The van der Waals surface area contributed by atoms with Crippen molar-refractivity contribution < 1.29 is 19.1 Å². The number of benzene rings is 2. The summed E-state index contributed by atoms with van der Waals surface area (Å²) in [6.07, 6.45) is -0.435. The van der Waals surface area contributed by atoms with Crippen molar-refractivity contribution >= 4 is 29.0 Å². The number of aliphatic hydroxyl groups is 1. The van der Waals surface area contributed by atoms with Crippen molar-refractivity contribution in [2.24, 2.45) is 0 Å². The average Bonchev–Trinajstić information content (AvgIpc) is 2.70. The van der Waals surface area contributed by atoms with E-state index in [1.807, 2.05) is 0 Å². The number of amides is 1. The van der Waals surface area contributed by atoms with Gasteiger partial charge in [0.15, 0.2) is 11.4 Å². The van der Waals surface area contributed by atoms with Crippen LogP contribution in [0.4, 0.5) is 10.1 Å². The van der Waals surface area contributed by atoms with Gasteiger partial charge in [-0.1, -0.05) is 11.6 Å². The molecule has 1 N–H and O–H groups in total. The van der Waals surface area contributed by atoms with E-state index >= 15 is 0 Å². The van der Waals surface area contributed by atoms with E-state index in [9.17, 15) is 19.1 Å². The molecule has 1 aliphatic rings. The standard InChI is InChI=1S/C17H13ClFNO3/c1-20-14-7-4-11(18)8-13(14)17(23,16(20)22)9-15(21)10-2-5-12(19)6-3-10/h2-8,23H,9H2,1H3. The predicted octanol–water partition coefficient (Wildman–Crippen LogP) is 2.92. The third-order valence-electron chi connectivity index (χ3n) is 4.01. The minimum Gasteiger partial charge on any atom is -0.375 e. The maximum absolute atomic E-state index is 12.9. The van der Waals surface area contributed by atoms with E-state index in [0.717, 1.165) is 12.1 Å². The lowest BCUT2D eigenvalue weighted by molar-refractivity contribution is -0.135. The Morgan fingerprint density at radius 3 is 2.57 bits per heavy atom. The van der Waals surface area contributed by atoms with Crippen LogP contribution in [0.5, 0.6) is 0 Å². The number of likely N-dealkylation sites (N-methyl/N-ethyl adjacent to an activating group) is 1. The average molecular weight is 334 g/mol. The fourth-order valence-corrected chi connectivity index (χ4v) is 2.95. The van der Waals surface area contributed by atoms with Crippen molar-refractivity contribution in [3.05, 3.63) is 64.4 Å². The number of ketones is 1. The maximum atomic E-state index is 12.9. The third-order valence-corrected chi connectivity index (χ3v) is 4.24. The van der Waals surface area contributed by atoms with Gasteiger partial charge in [-0.15, -0.1) is 0 Å². The number of carbonyl (C=O) groups is 2. The second kappa shape index (κ2) is 5.44. The second-order valence-corrected chi connectivity index (χ2v) is 5.93. The van der Waals surface area contributed by atoms with Gasteiger partial charge in [0.25, 0.3) is 5.91 Å². The molecule has 0 aliphatic carbocycles. The van der Waals surface area contributed by atoms with Crippen LogP contribution < -0.4 is 4.90 Å². The Hall–Kier alpha value is -2.24. The lowest BCUT2D eigenvalue weighted by Crippen LogP contribution is -2.40. The van der Waals surface area contributed by atoms with Gasteiger partial charge in [0.2, 0.25) is 0 Å². The van der Waals surface area contributed by atoms with Gasteiger partial charge in [-0.3, -0.25) is 9.59 Å². The van der Waals surface area contributed by atoms with Gasteiger partial charge in [0.1, 0.15) is 5.82 Å². The Kier molecular flexibility index (Phi) is 3.70. The first-order valence-electron chi connectivity index (χ1n) is 6.92. The van der Waals surface area contributed by atoms with Crippen LogP contribution in [-0.2, 0) is 10.4 Å². The van der Waals surface area contributed by atoms with Gasteiger partial charge in [-0.05, 0) is 42.5 Å². The second-order valence-electron chi connectivity index (χ2n) is 5.49. The molecule has 1 aliphatic heterocycles. The van der Waals surface area contributed by atoms with E-state index in [4.69, 9.17) is 11.6 Å². The topological polar surface area (TPSA) is 57.6 Å². The molecule has 0 saturated heterocycles. The van der Waals surface area contributed by atoms with Crippen LogP contribution in [0.15, 0.2) is 42.5 Å². The molecule has 1 atom stereocenters. The van der Waals surface area contributed by atoms with Crippen LogP contribution in [0.25, 0.3) is 0 Å². The van der Waals surface area contributed by atoms with Gasteiger partial charge in [-0.25, -0.2) is 4.39 Å². The van der Waals surface area contributed by atoms with E-state index in [-0.39, 0.29) is 5.56 Å². The smallest absolute Gasteiger partial charge is 0.263 e. The molecule has 2 aromatic carbocycles. The number of hydrogen-bond acceptors (Lipinski definition) is 3. The fraction of sp³-hybridized carbons (Fsp3) is 0.176. The van der Waals surface area contributed by atoms with Crippen LogP contribution in [0.3, 0.4) is 0 Å². The van der Waals surface area contributed by atoms with Crippen LogP contribution in [0.2, 0.25) is 5.02 Å². The summed E-state index contributed by atoms with van der Waals surface area (Å²) in [6.45, 7) is 0. The number of rotatable bonds is 3. The highest BCUT2D eigenvalue weighted by Gasteiger charge is 2.49. The minimum absolute atomic E-state index is 0.228. The first kappa shape index (κ1) is 15.6. The highest BCUT2D eigenvalue weighted by atomic mass is 35.5. The Bertz CT molecular complexity index is 806. The molecule has 6 heteroatoms. The quantitative estimate of drug-likeness (QED) is 0.879. The van der Waals surface area contributed by atoms with Gasteiger partial charge in [0, 0.05) is 23.2 Å². The molecular formula is C17H13ClFNO3. The molecule has 1 heterocycles. The fourth-order valence-electron chi connectivity index (χ4n) is 2.78. The predicted molar refractivity (Wildman–Crippen MR) is 84.1 cm³/mol. The van der Waals surface area contributed by atoms with Gasteiger partial charge in [0.05, 0.1) is 12.1 Å². The van der Waals surface area contributed by atoms with Crippen molar-refractivity contribution in [3.63, 3.8) is 0 Å². The Morgan fingerprint density at radius 2 is 1.91 bits per heavy atom. The molecule has 0 aromatic heterocycles. The van der Waals surface area contributed by atoms with Crippen molar-refractivity contribution in [1.29, 1.82) is 0 Å². The number of carbonyl (C=O) groups excluding carboxylic acids is 2. The molecule has 0 radical (unpaired) electrons. The molecule has 23 heavy (non-hydrogen) atoms. The van der Waals surface area contributed by atoms with E-state index in [0.29, 0.717) is 16.3 Å². The Labute approximate surface area is 137 Å². The summed E-state index contributed by atoms with van der Waals surface area (Å²) in [5.41, 5.74) is -0.937. The number of fused-ring (bicyclic) bond motifs is 1. The highest BCUT2D eigenvalue weighted by Crippen LogP contribution is 2.43. The molecular weight excluding hydrogens is 321 g/mol. The first-order valence-corrected chi connectivity index (χ1v) is 7.30. The zero-order valence-electron chi connectivity index (χ0n) is 12.2. The largest absolute Gasteiger partial charge is 0.375 e. The van der Waals surface area contributed by atoms with Crippen molar-refractivity contribution in [1.82, 2.24) is 0 Å². The summed E-state index contributed by atoms with van der Waals surface area (Å²) in [7, 11) is 1.52. The Balaban J connectivity index is 1.98. The van der Waals surface area contributed by atoms with Crippen molar-refractivity contribution in [2.75, 3.05) is 11.9 Å². The molecule has 4 nitrogen and oxygen atoms in total. The monoisotopic (exact) mass is 333 g/mol. The number of hydrogen-bond donors (Lipinski definition) is 1. The van der Waals surface area contributed by atoms with Crippen LogP contribution in [0, 0.1) is 5.82 Å². The van der Waals surface area contributed by atoms with Crippen LogP contribution >= 0.6 is 11.6 Å². The number of anilines is 1. The lowest BCUT2D eigenvalue weighted by Gasteiger charge is -2.21. The van der Waals surface area contributed by atoms with Gasteiger partial charge < -0.3 is 10.0 Å². The zero-order valence-corrected chi connectivity index (χ0v) is 13.0. The summed E-state index contributed by atoms with van der Waals surface area (Å²) < 4.78 is 12.9. The number of nitrogens with zero attached hydrogens (tertiary/aromatic N) is 1. The van der Waals surface area contributed by atoms with E-state index in [1.54, 1.807) is 12.1 Å². The SMILES string of the molecule is CN1C(=O)C(O)(CC(=O)c2ccc(F)cc2)c2cc(Cl)ccc21. The molecule has 0 spiro atoms. The number of Topliss-reactive ketones (excluding diaryl/α,β-unsaturated/α-hetero) is 1. The minimum atomic E-state index is -1.97. The van der Waals surface area contributed by atoms with Crippen LogP contribution in [-0.4, -0.2) is 23.8 Å². The Morgan fingerprint density at radius 1 is 1.26 bits per heavy atom. The molecule has 0 saturated carbocycles. The zero-order chi connectivity index (χ0) is 16.8. The third kappa shape index (κ3) is 2.52. The van der Waals surface area contributed by atoms with E-state index in [2.05, 4.69) is 0 Å². The summed E-state index contributed by atoms with van der Waals surface area (Å²) in [6, 6.07) is 9.67. The van der Waals surface area contributed by atoms with Gasteiger partial charge in [-0.2, -0.15) is 0 Å². The first-order chi connectivity index (χ1) is 10.8. The molecule has 3 rings (SSSR count). The molecule has 118 valence electrons. The summed E-state index contributed by atoms with van der Waals surface area (Å²) in [5.74, 6) is -1.51. The summed E-state index contributed by atoms with van der Waals surface area (Å²) >= 11 is 5.95. The molecule has 0 bridgehead atoms. The molecule has 2 aromatic rings.